The number of anilines is 2. The first kappa shape index (κ1) is 15.2. The zero-order valence-corrected chi connectivity index (χ0v) is 12.5. The van der Waals surface area contributed by atoms with E-state index in [-0.39, 0.29) is 17.7 Å². The Balaban J connectivity index is 2.29. The first-order chi connectivity index (χ1) is 10.1. The lowest BCUT2D eigenvalue weighted by Gasteiger charge is -2.34. The second kappa shape index (κ2) is 6.47. The normalized spacial score (nSPS) is 18.2. The van der Waals surface area contributed by atoms with Crippen molar-refractivity contribution in [2.45, 2.75) is 12.8 Å². The van der Waals surface area contributed by atoms with Crippen LogP contribution in [0.25, 0.3) is 0 Å². The number of rotatable bonds is 3. The maximum absolute atomic E-state index is 12.0. The van der Waals surface area contributed by atoms with E-state index in [4.69, 9.17) is 5.73 Å². The summed E-state index contributed by atoms with van der Waals surface area (Å²) in [6.45, 7) is 1.42. The van der Waals surface area contributed by atoms with Gasteiger partial charge in [0, 0.05) is 32.9 Å². The Morgan fingerprint density at radius 3 is 2.71 bits per heavy atom. The molecule has 0 bridgehead atoms. The van der Waals surface area contributed by atoms with E-state index < -0.39 is 0 Å². The molecule has 1 atom stereocenters. The van der Waals surface area contributed by atoms with Gasteiger partial charge in [0.1, 0.15) is 0 Å². The third kappa shape index (κ3) is 3.26. The zero-order chi connectivity index (χ0) is 15.4. The van der Waals surface area contributed by atoms with Crippen LogP contribution in [0.1, 0.15) is 23.2 Å². The van der Waals surface area contributed by atoms with Crippen LogP contribution in [0.2, 0.25) is 0 Å². The molecule has 114 valence electrons. The van der Waals surface area contributed by atoms with Crippen LogP contribution in [-0.4, -0.2) is 39.0 Å². The Labute approximate surface area is 124 Å². The molecule has 1 unspecified atom stereocenters. The number of nitrogen functional groups attached to an aromatic ring is 1. The summed E-state index contributed by atoms with van der Waals surface area (Å²) in [5.74, 6) is -0.153. The highest BCUT2D eigenvalue weighted by molar-refractivity contribution is 6.00. The van der Waals surface area contributed by atoms with Gasteiger partial charge in [0.05, 0.1) is 17.2 Å². The molecule has 1 fully saturated rings. The molecule has 1 saturated heterocycles. The predicted molar refractivity (Wildman–Crippen MR) is 83.2 cm³/mol. The number of nitrogens with one attached hydrogen (secondary N) is 2. The van der Waals surface area contributed by atoms with Crippen molar-refractivity contribution in [2.24, 2.45) is 5.92 Å². The number of benzene rings is 1. The molecule has 2 amide bonds. The van der Waals surface area contributed by atoms with Crippen molar-refractivity contribution in [3.63, 3.8) is 0 Å². The van der Waals surface area contributed by atoms with Gasteiger partial charge in [-0.05, 0) is 31.0 Å². The molecule has 0 radical (unpaired) electrons. The van der Waals surface area contributed by atoms with Gasteiger partial charge in [-0.2, -0.15) is 0 Å². The van der Waals surface area contributed by atoms with E-state index in [0.29, 0.717) is 17.8 Å². The second-order valence-electron chi connectivity index (χ2n) is 5.26. The van der Waals surface area contributed by atoms with E-state index in [1.54, 1.807) is 32.3 Å². The number of hydrogen-bond donors (Lipinski definition) is 3. The maximum atomic E-state index is 12.0. The van der Waals surface area contributed by atoms with Gasteiger partial charge in [-0.15, -0.1) is 0 Å². The number of piperidine rings is 1. The summed E-state index contributed by atoms with van der Waals surface area (Å²) in [5, 5.41) is 5.34. The fourth-order valence-electron chi connectivity index (χ4n) is 2.75. The van der Waals surface area contributed by atoms with Crippen molar-refractivity contribution in [3.8, 4) is 0 Å². The lowest BCUT2D eigenvalue weighted by Crippen LogP contribution is -2.43. The fourth-order valence-corrected chi connectivity index (χ4v) is 2.75. The number of carbonyl (C=O) groups excluding carboxylic acids is 2. The molecule has 0 spiro atoms. The summed E-state index contributed by atoms with van der Waals surface area (Å²) >= 11 is 0. The van der Waals surface area contributed by atoms with Gasteiger partial charge in [-0.3, -0.25) is 9.59 Å². The third-order valence-electron chi connectivity index (χ3n) is 3.87. The molecular formula is C15H22N4O2. The van der Waals surface area contributed by atoms with Crippen LogP contribution >= 0.6 is 0 Å². The van der Waals surface area contributed by atoms with Crippen LogP contribution in [0.3, 0.4) is 0 Å². The minimum absolute atomic E-state index is 0.0464. The second-order valence-corrected chi connectivity index (χ2v) is 5.26. The van der Waals surface area contributed by atoms with E-state index in [0.717, 1.165) is 25.1 Å². The first-order valence-corrected chi connectivity index (χ1v) is 7.15. The molecule has 0 aliphatic carbocycles. The van der Waals surface area contributed by atoms with Crippen LogP contribution in [0.15, 0.2) is 18.2 Å². The quantitative estimate of drug-likeness (QED) is 0.711. The average Bonchev–Trinajstić information content (AvgIpc) is 2.53. The van der Waals surface area contributed by atoms with Gasteiger partial charge in [-0.1, -0.05) is 0 Å². The average molecular weight is 290 g/mol. The topological polar surface area (TPSA) is 87.5 Å². The lowest BCUT2D eigenvalue weighted by molar-refractivity contribution is -0.124. The van der Waals surface area contributed by atoms with E-state index in [1.165, 1.54) is 0 Å². The molecule has 6 nitrogen and oxygen atoms in total. The molecular weight excluding hydrogens is 268 g/mol. The van der Waals surface area contributed by atoms with Gasteiger partial charge < -0.3 is 21.3 Å². The summed E-state index contributed by atoms with van der Waals surface area (Å²) < 4.78 is 0. The molecule has 0 saturated carbocycles. The summed E-state index contributed by atoms with van der Waals surface area (Å²) in [7, 11) is 3.25. The summed E-state index contributed by atoms with van der Waals surface area (Å²) in [6.07, 6.45) is 1.79. The molecule has 1 aromatic rings. The predicted octanol–water partition coefficient (Wildman–Crippen LogP) is 0.591. The highest BCUT2D eigenvalue weighted by Gasteiger charge is 2.27. The van der Waals surface area contributed by atoms with E-state index in [1.807, 2.05) is 0 Å². The molecule has 0 aromatic heterocycles. The molecule has 21 heavy (non-hydrogen) atoms. The van der Waals surface area contributed by atoms with Gasteiger partial charge in [0.15, 0.2) is 0 Å². The van der Waals surface area contributed by atoms with Crippen LogP contribution in [-0.2, 0) is 4.79 Å². The molecule has 1 heterocycles. The Bertz CT molecular complexity index is 544. The van der Waals surface area contributed by atoms with Crippen LogP contribution in [0.4, 0.5) is 11.4 Å². The molecule has 1 aromatic carbocycles. The van der Waals surface area contributed by atoms with Gasteiger partial charge in [0.2, 0.25) is 5.91 Å². The first-order valence-electron chi connectivity index (χ1n) is 7.15. The number of amides is 2. The molecule has 1 aliphatic rings. The standard InChI is InChI=1S/C15H22N4O2/c1-17-14(20)10-4-3-7-19(9-10)13-8-11(16)5-6-12(13)15(21)18-2/h5-6,8,10H,3-4,7,9,16H2,1-2H3,(H,17,20)(H,18,21). The summed E-state index contributed by atoms with van der Waals surface area (Å²) in [4.78, 5) is 25.9. The molecule has 1 aliphatic heterocycles. The number of hydrogen-bond acceptors (Lipinski definition) is 4. The van der Waals surface area contributed by atoms with Crippen molar-refractivity contribution in [1.29, 1.82) is 0 Å². The number of nitrogens with zero attached hydrogens (tertiary/aromatic N) is 1. The minimum atomic E-state index is -0.146. The highest BCUT2D eigenvalue weighted by Crippen LogP contribution is 2.28. The Morgan fingerprint density at radius 2 is 2.05 bits per heavy atom. The zero-order valence-electron chi connectivity index (χ0n) is 12.5. The van der Waals surface area contributed by atoms with Crippen LogP contribution in [0.5, 0.6) is 0 Å². The lowest BCUT2D eigenvalue weighted by atomic mass is 9.96. The SMILES string of the molecule is CNC(=O)c1ccc(N)cc1N1CCCC(C(=O)NC)C1. The fraction of sp³-hybridized carbons (Fsp3) is 0.467. The van der Waals surface area contributed by atoms with Crippen molar-refractivity contribution >= 4 is 23.2 Å². The Kier molecular flexibility index (Phi) is 4.67. The van der Waals surface area contributed by atoms with Gasteiger partial charge >= 0.3 is 0 Å². The Hall–Kier alpha value is -2.24. The smallest absolute Gasteiger partial charge is 0.253 e. The number of carbonyl (C=O) groups is 2. The monoisotopic (exact) mass is 290 g/mol. The molecule has 6 heteroatoms. The van der Waals surface area contributed by atoms with Crippen LogP contribution < -0.4 is 21.3 Å². The van der Waals surface area contributed by atoms with Crippen molar-refractivity contribution < 1.29 is 9.59 Å². The van der Waals surface area contributed by atoms with Crippen molar-refractivity contribution in [3.05, 3.63) is 23.8 Å². The molecule has 2 rings (SSSR count). The summed E-state index contributed by atoms with van der Waals surface area (Å²) in [5.41, 5.74) is 7.85. The number of nitrogens with two attached hydrogens (primary N) is 1. The summed E-state index contributed by atoms with van der Waals surface area (Å²) in [6, 6.07) is 5.25. The van der Waals surface area contributed by atoms with Crippen LogP contribution in [0, 0.1) is 5.92 Å². The van der Waals surface area contributed by atoms with E-state index in [9.17, 15) is 9.59 Å². The van der Waals surface area contributed by atoms with Crippen molar-refractivity contribution in [1.82, 2.24) is 10.6 Å². The van der Waals surface area contributed by atoms with Gasteiger partial charge in [0.25, 0.3) is 5.91 Å². The minimum Gasteiger partial charge on any atom is -0.399 e. The largest absolute Gasteiger partial charge is 0.399 e. The third-order valence-corrected chi connectivity index (χ3v) is 3.87. The van der Waals surface area contributed by atoms with E-state index in [2.05, 4.69) is 15.5 Å². The van der Waals surface area contributed by atoms with Gasteiger partial charge in [-0.25, -0.2) is 0 Å². The highest BCUT2D eigenvalue weighted by atomic mass is 16.2. The molecule has 4 N–H and O–H groups in total. The maximum Gasteiger partial charge on any atom is 0.253 e. The van der Waals surface area contributed by atoms with Crippen molar-refractivity contribution in [2.75, 3.05) is 37.8 Å². The van der Waals surface area contributed by atoms with E-state index >= 15 is 0 Å². The Morgan fingerprint density at radius 1 is 1.29 bits per heavy atom.